The Balaban J connectivity index is 3.44. The van der Waals surface area contributed by atoms with Gasteiger partial charge in [0.2, 0.25) is 5.91 Å². The molecule has 2 N–H and O–H groups in total. The normalized spacial score (nSPS) is 10.7. The summed E-state index contributed by atoms with van der Waals surface area (Å²) in [5.74, 6) is -0.0130. The fourth-order valence-corrected chi connectivity index (χ4v) is 0.440. The number of nitrogens with zero attached hydrogens (tertiary/aromatic N) is 1. The highest BCUT2D eigenvalue weighted by atomic mass is 16.1. The molecule has 4 nitrogen and oxygen atoms in total. The van der Waals surface area contributed by atoms with E-state index in [2.05, 4.69) is 15.6 Å². The van der Waals surface area contributed by atoms with Crippen molar-refractivity contribution in [3.05, 3.63) is 12.3 Å². The second kappa shape index (κ2) is 6.80. The van der Waals surface area contributed by atoms with E-state index in [1.165, 1.54) is 0 Å². The third-order valence-electron chi connectivity index (χ3n) is 0.977. The van der Waals surface area contributed by atoms with Gasteiger partial charge in [-0.15, -0.1) is 0 Å². The number of aliphatic imine (C=N–C) groups is 1. The van der Waals surface area contributed by atoms with Gasteiger partial charge in [0.15, 0.2) is 0 Å². The van der Waals surface area contributed by atoms with Crippen molar-refractivity contribution in [1.29, 1.82) is 0 Å². The van der Waals surface area contributed by atoms with E-state index in [9.17, 15) is 4.79 Å². The summed E-state index contributed by atoms with van der Waals surface area (Å²) < 4.78 is 0. The molecule has 1 amide bonds. The fourth-order valence-electron chi connectivity index (χ4n) is 0.440. The molecule has 0 aliphatic heterocycles. The van der Waals surface area contributed by atoms with E-state index in [0.29, 0.717) is 6.42 Å². The average molecular weight is 155 g/mol. The average Bonchev–Trinajstić information content (AvgIpc) is 2.04. The van der Waals surface area contributed by atoms with Gasteiger partial charge in [-0.25, -0.2) is 4.99 Å². The van der Waals surface area contributed by atoms with Gasteiger partial charge in [-0.1, -0.05) is 6.08 Å². The SMILES string of the molecule is CN/C=N/C=C\CC(=O)NC. The lowest BCUT2D eigenvalue weighted by Gasteiger charge is -1.90. The number of rotatable bonds is 4. The Morgan fingerprint density at radius 2 is 2.27 bits per heavy atom. The van der Waals surface area contributed by atoms with Crippen molar-refractivity contribution < 1.29 is 4.79 Å². The maximum atomic E-state index is 10.6. The van der Waals surface area contributed by atoms with Crippen LogP contribution in [-0.2, 0) is 4.79 Å². The molecule has 0 radical (unpaired) electrons. The summed E-state index contributed by atoms with van der Waals surface area (Å²) in [6.45, 7) is 0. The van der Waals surface area contributed by atoms with Gasteiger partial charge in [0, 0.05) is 26.7 Å². The first-order valence-corrected chi connectivity index (χ1v) is 3.35. The van der Waals surface area contributed by atoms with Crippen LogP contribution in [0.4, 0.5) is 0 Å². The number of hydrogen-bond donors (Lipinski definition) is 2. The quantitative estimate of drug-likeness (QED) is 0.439. The van der Waals surface area contributed by atoms with Crippen LogP contribution >= 0.6 is 0 Å². The fraction of sp³-hybridized carbons (Fsp3) is 0.429. The Morgan fingerprint density at radius 1 is 1.55 bits per heavy atom. The van der Waals surface area contributed by atoms with Crippen LogP contribution in [0.5, 0.6) is 0 Å². The van der Waals surface area contributed by atoms with Gasteiger partial charge >= 0.3 is 0 Å². The Bertz CT molecular complexity index is 163. The summed E-state index contributed by atoms with van der Waals surface area (Å²) in [5, 5.41) is 5.22. The third-order valence-corrected chi connectivity index (χ3v) is 0.977. The maximum absolute atomic E-state index is 10.6. The van der Waals surface area contributed by atoms with Crippen LogP contribution in [0.3, 0.4) is 0 Å². The van der Waals surface area contributed by atoms with Crippen molar-refractivity contribution in [1.82, 2.24) is 10.6 Å². The topological polar surface area (TPSA) is 53.5 Å². The molecule has 0 bridgehead atoms. The molecule has 0 aromatic heterocycles. The lowest BCUT2D eigenvalue weighted by atomic mass is 10.4. The molecule has 0 spiro atoms. The molecule has 0 unspecified atom stereocenters. The van der Waals surface area contributed by atoms with Crippen LogP contribution in [0, 0.1) is 0 Å². The molecule has 62 valence electrons. The first-order valence-electron chi connectivity index (χ1n) is 3.35. The molecule has 4 heteroatoms. The summed E-state index contributed by atoms with van der Waals surface area (Å²) in [6, 6.07) is 0. The highest BCUT2D eigenvalue weighted by molar-refractivity contribution is 5.77. The standard InChI is InChI=1S/C7H13N3O/c1-8-6-10-5-3-4-7(11)9-2/h3,5-6H,4H2,1-2H3,(H,8,10)(H,9,11)/b5-3-. The van der Waals surface area contributed by atoms with E-state index in [-0.39, 0.29) is 5.91 Å². The van der Waals surface area contributed by atoms with Crippen LogP contribution in [0.2, 0.25) is 0 Å². The summed E-state index contributed by atoms with van der Waals surface area (Å²) in [5.41, 5.74) is 0. The summed E-state index contributed by atoms with van der Waals surface area (Å²) >= 11 is 0. The van der Waals surface area contributed by atoms with Gasteiger partial charge in [0.25, 0.3) is 0 Å². The van der Waals surface area contributed by atoms with E-state index in [1.54, 1.807) is 32.7 Å². The largest absolute Gasteiger partial charge is 0.379 e. The van der Waals surface area contributed by atoms with E-state index < -0.39 is 0 Å². The first kappa shape index (κ1) is 9.68. The van der Waals surface area contributed by atoms with E-state index in [4.69, 9.17) is 0 Å². The van der Waals surface area contributed by atoms with E-state index >= 15 is 0 Å². The number of hydrogen-bond acceptors (Lipinski definition) is 2. The minimum atomic E-state index is -0.0130. The highest BCUT2D eigenvalue weighted by Crippen LogP contribution is 1.81. The molecular formula is C7H13N3O. The monoisotopic (exact) mass is 155 g/mol. The van der Waals surface area contributed by atoms with E-state index in [1.807, 2.05) is 0 Å². The van der Waals surface area contributed by atoms with Crippen LogP contribution in [0.15, 0.2) is 17.3 Å². The molecule has 0 aromatic carbocycles. The van der Waals surface area contributed by atoms with Crippen LogP contribution < -0.4 is 10.6 Å². The van der Waals surface area contributed by atoms with Gasteiger partial charge in [-0.3, -0.25) is 4.79 Å². The van der Waals surface area contributed by atoms with Gasteiger partial charge in [0.05, 0.1) is 6.34 Å². The molecule has 0 aromatic rings. The van der Waals surface area contributed by atoms with Crippen LogP contribution in [-0.4, -0.2) is 26.3 Å². The van der Waals surface area contributed by atoms with E-state index in [0.717, 1.165) is 0 Å². The van der Waals surface area contributed by atoms with Gasteiger partial charge in [0.1, 0.15) is 0 Å². The minimum absolute atomic E-state index is 0.0130. The molecule has 0 saturated carbocycles. The van der Waals surface area contributed by atoms with Crippen molar-refractivity contribution in [3.63, 3.8) is 0 Å². The smallest absolute Gasteiger partial charge is 0.223 e. The van der Waals surface area contributed by atoms with Gasteiger partial charge in [-0.05, 0) is 0 Å². The van der Waals surface area contributed by atoms with Crippen molar-refractivity contribution >= 4 is 12.2 Å². The Hall–Kier alpha value is -1.32. The van der Waals surface area contributed by atoms with Crippen molar-refractivity contribution in [3.8, 4) is 0 Å². The highest BCUT2D eigenvalue weighted by Gasteiger charge is 1.89. The maximum Gasteiger partial charge on any atom is 0.223 e. The molecule has 0 aliphatic rings. The molecule has 0 fully saturated rings. The Morgan fingerprint density at radius 3 is 2.82 bits per heavy atom. The molecular weight excluding hydrogens is 142 g/mol. The third kappa shape index (κ3) is 6.57. The molecule has 0 heterocycles. The van der Waals surface area contributed by atoms with Gasteiger partial charge in [-0.2, -0.15) is 0 Å². The number of carbonyl (C=O) groups excluding carboxylic acids is 1. The van der Waals surface area contributed by atoms with Crippen molar-refractivity contribution in [2.24, 2.45) is 4.99 Å². The number of amides is 1. The Labute approximate surface area is 66.4 Å². The van der Waals surface area contributed by atoms with Crippen molar-refractivity contribution in [2.75, 3.05) is 14.1 Å². The number of carbonyl (C=O) groups is 1. The zero-order chi connectivity index (χ0) is 8.53. The van der Waals surface area contributed by atoms with Crippen molar-refractivity contribution in [2.45, 2.75) is 6.42 Å². The lowest BCUT2D eigenvalue weighted by molar-refractivity contribution is -0.119. The zero-order valence-electron chi connectivity index (χ0n) is 6.79. The summed E-state index contributed by atoms with van der Waals surface area (Å²) in [7, 11) is 3.36. The zero-order valence-corrected chi connectivity index (χ0v) is 6.79. The first-order chi connectivity index (χ1) is 5.31. The molecule has 0 rings (SSSR count). The number of nitrogens with one attached hydrogen (secondary N) is 2. The van der Waals surface area contributed by atoms with Gasteiger partial charge < -0.3 is 10.6 Å². The lowest BCUT2D eigenvalue weighted by Crippen LogP contribution is -2.15. The summed E-state index contributed by atoms with van der Waals surface area (Å²) in [6.07, 6.45) is 5.18. The predicted molar refractivity (Wildman–Crippen MR) is 45.4 cm³/mol. The molecule has 0 saturated heterocycles. The van der Waals surface area contributed by atoms with Crippen LogP contribution in [0.1, 0.15) is 6.42 Å². The molecule has 0 atom stereocenters. The minimum Gasteiger partial charge on any atom is -0.379 e. The molecule has 11 heavy (non-hydrogen) atoms. The Kier molecular flexibility index (Phi) is 5.98. The second-order valence-electron chi connectivity index (χ2n) is 1.83. The van der Waals surface area contributed by atoms with Crippen LogP contribution in [0.25, 0.3) is 0 Å². The second-order valence-corrected chi connectivity index (χ2v) is 1.83. The predicted octanol–water partition coefficient (Wildman–Crippen LogP) is -0.116. The molecule has 0 aliphatic carbocycles. The summed E-state index contributed by atoms with van der Waals surface area (Å²) in [4.78, 5) is 14.4.